The third kappa shape index (κ3) is 3.87. The quantitative estimate of drug-likeness (QED) is 0.764. The molecule has 0 saturated carbocycles. The number of aromatic nitrogens is 2. The molecule has 0 amide bonds. The van der Waals surface area contributed by atoms with Gasteiger partial charge in [0.05, 0.1) is 5.56 Å². The fourth-order valence-electron chi connectivity index (χ4n) is 2.01. The molecule has 1 aromatic heterocycles. The zero-order valence-electron chi connectivity index (χ0n) is 11.8. The lowest BCUT2D eigenvalue weighted by molar-refractivity contribution is -0.0498. The molecule has 0 fully saturated rings. The Morgan fingerprint density at radius 2 is 1.95 bits per heavy atom. The first-order valence-electron chi connectivity index (χ1n) is 6.57. The van der Waals surface area contributed by atoms with Crippen LogP contribution in [-0.4, -0.2) is 22.7 Å². The molecule has 0 saturated heterocycles. The first-order chi connectivity index (χ1) is 9.99. The molecule has 0 unspecified atom stereocenters. The molecule has 0 aliphatic carbocycles. The van der Waals surface area contributed by atoms with Crippen LogP contribution < -0.4 is 4.74 Å². The Kier molecular flexibility index (Phi) is 4.67. The van der Waals surface area contributed by atoms with E-state index in [1.807, 2.05) is 0 Å². The molecule has 0 bridgehead atoms. The Bertz CT molecular complexity index is 607. The van der Waals surface area contributed by atoms with Crippen LogP contribution in [0.15, 0.2) is 30.5 Å². The Balaban J connectivity index is 2.28. The average molecular weight is 294 g/mol. The molecule has 0 aliphatic rings. The maximum atomic E-state index is 12.1. The first kappa shape index (κ1) is 15.2. The van der Waals surface area contributed by atoms with Gasteiger partial charge in [0.25, 0.3) is 0 Å². The molecular weight excluding hydrogens is 278 g/mol. The van der Waals surface area contributed by atoms with Gasteiger partial charge in [-0.2, -0.15) is 13.9 Å². The number of halogens is 2. The van der Waals surface area contributed by atoms with Crippen LogP contribution in [-0.2, 0) is 6.54 Å². The number of ether oxygens (including phenoxy) is 1. The van der Waals surface area contributed by atoms with Crippen LogP contribution in [0, 0.1) is 5.92 Å². The van der Waals surface area contributed by atoms with Gasteiger partial charge in [0, 0.05) is 18.3 Å². The van der Waals surface area contributed by atoms with E-state index < -0.39 is 6.61 Å². The summed E-state index contributed by atoms with van der Waals surface area (Å²) in [4.78, 5) is 11.1. The van der Waals surface area contributed by atoms with E-state index in [1.54, 1.807) is 23.0 Å². The molecule has 4 nitrogen and oxygen atoms in total. The predicted octanol–water partition coefficient (Wildman–Crippen LogP) is 3.62. The van der Waals surface area contributed by atoms with Crippen LogP contribution in [0.2, 0.25) is 0 Å². The minimum absolute atomic E-state index is 0.0722. The molecule has 0 atom stereocenters. The maximum absolute atomic E-state index is 12.1. The molecule has 21 heavy (non-hydrogen) atoms. The summed E-state index contributed by atoms with van der Waals surface area (Å²) in [5, 5.41) is 4.38. The predicted molar refractivity (Wildman–Crippen MR) is 74.5 cm³/mol. The zero-order valence-corrected chi connectivity index (χ0v) is 11.8. The lowest BCUT2D eigenvalue weighted by Gasteiger charge is -2.05. The third-order valence-electron chi connectivity index (χ3n) is 2.82. The number of carbonyl (C=O) groups is 1. The molecule has 6 heteroatoms. The second-order valence-electron chi connectivity index (χ2n) is 5.07. The lowest BCUT2D eigenvalue weighted by atomic mass is 10.1. The van der Waals surface area contributed by atoms with Crippen molar-refractivity contribution < 1.29 is 18.3 Å². The highest BCUT2D eigenvalue weighted by atomic mass is 19.3. The molecule has 2 aromatic rings. The van der Waals surface area contributed by atoms with E-state index in [0.29, 0.717) is 29.3 Å². The number of nitrogens with zero attached hydrogens (tertiary/aromatic N) is 2. The van der Waals surface area contributed by atoms with Gasteiger partial charge in [0.1, 0.15) is 11.4 Å². The normalized spacial score (nSPS) is 11.1. The fraction of sp³-hybridized carbons (Fsp3) is 0.333. The van der Waals surface area contributed by atoms with Gasteiger partial charge in [-0.05, 0) is 30.2 Å². The maximum Gasteiger partial charge on any atom is 0.387 e. The van der Waals surface area contributed by atoms with Gasteiger partial charge in [0.2, 0.25) is 0 Å². The number of aldehydes is 1. The minimum Gasteiger partial charge on any atom is -0.435 e. The molecule has 2 rings (SSSR count). The summed E-state index contributed by atoms with van der Waals surface area (Å²) in [5.74, 6) is 0.474. The van der Waals surface area contributed by atoms with Gasteiger partial charge >= 0.3 is 6.61 Å². The first-order valence-corrected chi connectivity index (χ1v) is 6.57. The fourth-order valence-corrected chi connectivity index (χ4v) is 2.01. The van der Waals surface area contributed by atoms with Gasteiger partial charge in [-0.1, -0.05) is 13.8 Å². The summed E-state index contributed by atoms with van der Waals surface area (Å²) < 4.78 is 30.2. The standard InChI is InChI=1S/C15H16F2N2O2/c1-10(2)7-19-8-12(9-20)14(18-19)11-3-5-13(6-4-11)21-15(16)17/h3-6,8-10,15H,7H2,1-2H3. The Morgan fingerprint density at radius 1 is 1.29 bits per heavy atom. The van der Waals surface area contributed by atoms with E-state index in [1.165, 1.54) is 12.1 Å². The molecule has 1 aromatic carbocycles. The van der Waals surface area contributed by atoms with Crippen LogP contribution in [0.25, 0.3) is 11.3 Å². The molecule has 0 radical (unpaired) electrons. The highest BCUT2D eigenvalue weighted by Crippen LogP contribution is 2.24. The lowest BCUT2D eigenvalue weighted by Crippen LogP contribution is -2.04. The molecule has 0 N–H and O–H groups in total. The third-order valence-corrected chi connectivity index (χ3v) is 2.82. The van der Waals surface area contributed by atoms with Crippen molar-refractivity contribution in [2.75, 3.05) is 0 Å². The number of hydrogen-bond acceptors (Lipinski definition) is 3. The average Bonchev–Trinajstić information content (AvgIpc) is 2.81. The van der Waals surface area contributed by atoms with Crippen molar-refractivity contribution in [1.82, 2.24) is 9.78 Å². The van der Waals surface area contributed by atoms with Crippen molar-refractivity contribution in [1.29, 1.82) is 0 Å². The molecule has 0 aliphatic heterocycles. The molecular formula is C15H16F2N2O2. The summed E-state index contributed by atoms with van der Waals surface area (Å²) >= 11 is 0. The van der Waals surface area contributed by atoms with E-state index >= 15 is 0 Å². The molecule has 1 heterocycles. The number of carbonyl (C=O) groups excluding carboxylic acids is 1. The van der Waals surface area contributed by atoms with Crippen molar-refractivity contribution in [2.45, 2.75) is 27.0 Å². The van der Waals surface area contributed by atoms with Crippen molar-refractivity contribution in [2.24, 2.45) is 5.92 Å². The smallest absolute Gasteiger partial charge is 0.387 e. The highest BCUT2D eigenvalue weighted by Gasteiger charge is 2.12. The summed E-state index contributed by atoms with van der Waals surface area (Å²) in [6.07, 6.45) is 2.43. The van der Waals surface area contributed by atoms with Gasteiger partial charge in [-0.15, -0.1) is 0 Å². The SMILES string of the molecule is CC(C)Cn1cc(C=O)c(-c2ccc(OC(F)F)cc2)n1. The van der Waals surface area contributed by atoms with Crippen LogP contribution >= 0.6 is 0 Å². The van der Waals surface area contributed by atoms with Gasteiger partial charge in [-0.3, -0.25) is 9.48 Å². The van der Waals surface area contributed by atoms with Crippen LogP contribution in [0.1, 0.15) is 24.2 Å². The Hall–Kier alpha value is -2.24. The van der Waals surface area contributed by atoms with Crippen LogP contribution in [0.3, 0.4) is 0 Å². The Morgan fingerprint density at radius 3 is 2.48 bits per heavy atom. The summed E-state index contributed by atoms with van der Waals surface area (Å²) in [5.41, 5.74) is 1.69. The van der Waals surface area contributed by atoms with Gasteiger partial charge < -0.3 is 4.74 Å². The highest BCUT2D eigenvalue weighted by molar-refractivity contribution is 5.85. The monoisotopic (exact) mass is 294 g/mol. The van der Waals surface area contributed by atoms with E-state index in [-0.39, 0.29) is 5.75 Å². The summed E-state index contributed by atoms with van der Waals surface area (Å²) in [6, 6.07) is 6.06. The second kappa shape index (κ2) is 6.47. The zero-order chi connectivity index (χ0) is 15.4. The van der Waals surface area contributed by atoms with Crippen molar-refractivity contribution in [3.8, 4) is 17.0 Å². The van der Waals surface area contributed by atoms with E-state index in [4.69, 9.17) is 0 Å². The van der Waals surface area contributed by atoms with Crippen LogP contribution in [0.5, 0.6) is 5.75 Å². The largest absolute Gasteiger partial charge is 0.435 e. The van der Waals surface area contributed by atoms with E-state index in [0.717, 1.165) is 6.29 Å². The summed E-state index contributed by atoms with van der Waals surface area (Å²) in [6.45, 7) is 1.95. The number of rotatable bonds is 6. The molecule has 0 spiro atoms. The van der Waals surface area contributed by atoms with Gasteiger partial charge in [0.15, 0.2) is 6.29 Å². The topological polar surface area (TPSA) is 44.1 Å². The number of benzene rings is 1. The molecule has 112 valence electrons. The number of hydrogen-bond donors (Lipinski definition) is 0. The van der Waals surface area contributed by atoms with Gasteiger partial charge in [-0.25, -0.2) is 0 Å². The van der Waals surface area contributed by atoms with Crippen molar-refractivity contribution in [3.63, 3.8) is 0 Å². The van der Waals surface area contributed by atoms with Crippen LogP contribution in [0.4, 0.5) is 8.78 Å². The summed E-state index contributed by atoms with van der Waals surface area (Å²) in [7, 11) is 0. The minimum atomic E-state index is -2.85. The Labute approximate surface area is 121 Å². The van der Waals surface area contributed by atoms with E-state index in [2.05, 4.69) is 23.7 Å². The second-order valence-corrected chi connectivity index (χ2v) is 5.07. The van der Waals surface area contributed by atoms with Crippen molar-refractivity contribution >= 4 is 6.29 Å². The number of alkyl halides is 2. The van der Waals surface area contributed by atoms with E-state index in [9.17, 15) is 13.6 Å². The van der Waals surface area contributed by atoms with Crippen molar-refractivity contribution in [3.05, 3.63) is 36.0 Å².